The molecule has 0 aromatic heterocycles. The smallest absolute Gasteiger partial charge is 0.103 e. The average molecular weight is 245 g/mol. The topological polar surface area (TPSA) is 12.0 Å². The first-order valence-electron chi connectivity index (χ1n) is 7.20. The molecule has 2 heteroatoms. The summed E-state index contributed by atoms with van der Waals surface area (Å²) in [5.74, 6) is 1.72. The third kappa shape index (κ3) is 9.58. The Morgan fingerprint density at radius 1 is 1.12 bits per heavy atom. The molecule has 1 rings (SSSR count). The highest BCUT2D eigenvalue weighted by molar-refractivity contribution is 4.74. The van der Waals surface area contributed by atoms with Gasteiger partial charge in [0.25, 0.3) is 0 Å². The molecule has 0 amide bonds. The van der Waals surface area contributed by atoms with Crippen LogP contribution in [0.5, 0.6) is 0 Å². The van der Waals surface area contributed by atoms with Gasteiger partial charge in [0.05, 0.1) is 0 Å². The van der Waals surface area contributed by atoms with Crippen molar-refractivity contribution >= 4 is 0 Å². The first-order chi connectivity index (χ1) is 7.82. The molecule has 0 saturated heterocycles. The Labute approximate surface area is 108 Å². The molecule has 0 radical (unpaired) electrons. The average Bonchev–Trinajstić information content (AvgIpc) is 2.22. The van der Waals surface area contributed by atoms with Gasteiger partial charge in [-0.25, -0.2) is 4.39 Å². The van der Waals surface area contributed by atoms with Crippen LogP contribution in [0.1, 0.15) is 60.8 Å². The lowest BCUT2D eigenvalue weighted by atomic mass is 9.83. The summed E-state index contributed by atoms with van der Waals surface area (Å²) in [6.07, 6.45) is 2.58. The first-order valence-corrected chi connectivity index (χ1v) is 7.20. The molecule has 1 N–H and O–H groups in total. The summed E-state index contributed by atoms with van der Waals surface area (Å²) >= 11 is 0. The second kappa shape index (κ2) is 8.91. The summed E-state index contributed by atoms with van der Waals surface area (Å²) in [6, 6.07) is 0.636. The molecule has 0 bridgehead atoms. The van der Waals surface area contributed by atoms with Gasteiger partial charge in [-0.2, -0.15) is 0 Å². The summed E-state index contributed by atoms with van der Waals surface area (Å²) in [6.45, 7) is 14.1. The Balaban J connectivity index is 0.000000304. The van der Waals surface area contributed by atoms with Crippen LogP contribution in [0.4, 0.5) is 4.39 Å². The zero-order valence-corrected chi connectivity index (χ0v) is 12.6. The second-order valence-electron chi connectivity index (χ2n) is 6.37. The van der Waals surface area contributed by atoms with Crippen LogP contribution < -0.4 is 5.32 Å². The van der Waals surface area contributed by atoms with Crippen LogP contribution in [-0.4, -0.2) is 18.8 Å². The SMILES string of the molecule is CC(C)CNC(C)C.CC1CCC(C)C(F)C1. The summed E-state index contributed by atoms with van der Waals surface area (Å²) in [7, 11) is 0. The lowest BCUT2D eigenvalue weighted by Gasteiger charge is -2.26. The van der Waals surface area contributed by atoms with Crippen LogP contribution in [0, 0.1) is 17.8 Å². The summed E-state index contributed by atoms with van der Waals surface area (Å²) < 4.78 is 12.8. The maximum atomic E-state index is 12.8. The van der Waals surface area contributed by atoms with Crippen LogP contribution in [0.3, 0.4) is 0 Å². The van der Waals surface area contributed by atoms with E-state index in [1.165, 1.54) is 6.42 Å². The van der Waals surface area contributed by atoms with Crippen molar-refractivity contribution in [3.05, 3.63) is 0 Å². The van der Waals surface area contributed by atoms with Gasteiger partial charge in [0.1, 0.15) is 6.17 Å². The largest absolute Gasteiger partial charge is 0.314 e. The lowest BCUT2D eigenvalue weighted by Crippen LogP contribution is -2.26. The maximum absolute atomic E-state index is 12.8. The van der Waals surface area contributed by atoms with Crippen molar-refractivity contribution < 1.29 is 4.39 Å². The minimum absolute atomic E-state index is 0.321. The molecule has 1 fully saturated rings. The number of hydrogen-bond acceptors (Lipinski definition) is 1. The van der Waals surface area contributed by atoms with E-state index in [1.807, 2.05) is 6.92 Å². The van der Waals surface area contributed by atoms with Crippen LogP contribution in [0.2, 0.25) is 0 Å². The Hall–Kier alpha value is -0.110. The highest BCUT2D eigenvalue weighted by atomic mass is 19.1. The van der Waals surface area contributed by atoms with E-state index in [9.17, 15) is 4.39 Å². The molecule has 0 aromatic rings. The maximum Gasteiger partial charge on any atom is 0.103 e. The van der Waals surface area contributed by atoms with Gasteiger partial charge in [-0.05, 0) is 37.1 Å². The Morgan fingerprint density at radius 2 is 1.71 bits per heavy atom. The number of alkyl halides is 1. The molecule has 1 saturated carbocycles. The normalized spacial score (nSPS) is 29.1. The van der Waals surface area contributed by atoms with Gasteiger partial charge in [-0.15, -0.1) is 0 Å². The number of halogens is 1. The van der Waals surface area contributed by atoms with E-state index < -0.39 is 6.17 Å². The molecule has 1 aliphatic carbocycles. The van der Waals surface area contributed by atoms with E-state index >= 15 is 0 Å². The number of hydrogen-bond donors (Lipinski definition) is 1. The van der Waals surface area contributed by atoms with Crippen molar-refractivity contribution in [2.75, 3.05) is 6.54 Å². The van der Waals surface area contributed by atoms with E-state index in [-0.39, 0.29) is 0 Å². The molecule has 104 valence electrons. The highest BCUT2D eigenvalue weighted by Crippen LogP contribution is 2.30. The standard InChI is InChI=1S/C8H15F.C7H17N/c1-6-3-4-7(2)8(9)5-6;1-6(2)5-8-7(3)4/h6-8H,3-5H2,1-2H3;6-8H,5H2,1-4H3. The molecule has 0 heterocycles. The van der Waals surface area contributed by atoms with Crippen molar-refractivity contribution in [3.8, 4) is 0 Å². The number of rotatable bonds is 3. The Morgan fingerprint density at radius 3 is 2.00 bits per heavy atom. The van der Waals surface area contributed by atoms with Crippen LogP contribution in [0.25, 0.3) is 0 Å². The van der Waals surface area contributed by atoms with Gasteiger partial charge in [0, 0.05) is 6.04 Å². The molecule has 0 spiro atoms. The van der Waals surface area contributed by atoms with Crippen molar-refractivity contribution in [2.24, 2.45) is 17.8 Å². The summed E-state index contributed by atoms with van der Waals surface area (Å²) in [5, 5.41) is 3.34. The van der Waals surface area contributed by atoms with Gasteiger partial charge in [-0.1, -0.05) is 48.0 Å². The predicted molar refractivity (Wildman–Crippen MR) is 75.1 cm³/mol. The third-order valence-corrected chi connectivity index (χ3v) is 3.29. The van der Waals surface area contributed by atoms with E-state index in [1.54, 1.807) is 0 Å². The molecule has 0 aromatic carbocycles. The van der Waals surface area contributed by atoms with Gasteiger partial charge in [0.2, 0.25) is 0 Å². The molecular formula is C15H32FN. The molecular weight excluding hydrogens is 213 g/mol. The predicted octanol–water partition coefficient (Wildman–Crippen LogP) is 4.42. The molecule has 0 aliphatic heterocycles. The van der Waals surface area contributed by atoms with E-state index in [0.29, 0.717) is 17.9 Å². The van der Waals surface area contributed by atoms with E-state index in [0.717, 1.165) is 25.3 Å². The van der Waals surface area contributed by atoms with Crippen molar-refractivity contribution in [2.45, 2.75) is 73.0 Å². The van der Waals surface area contributed by atoms with Crippen molar-refractivity contribution in [1.82, 2.24) is 5.32 Å². The van der Waals surface area contributed by atoms with Gasteiger partial charge < -0.3 is 5.32 Å². The van der Waals surface area contributed by atoms with E-state index in [2.05, 4.69) is 39.9 Å². The van der Waals surface area contributed by atoms with Crippen molar-refractivity contribution in [1.29, 1.82) is 0 Å². The zero-order chi connectivity index (χ0) is 13.4. The fourth-order valence-corrected chi connectivity index (χ4v) is 1.93. The second-order valence-corrected chi connectivity index (χ2v) is 6.37. The lowest BCUT2D eigenvalue weighted by molar-refractivity contribution is 0.145. The van der Waals surface area contributed by atoms with E-state index in [4.69, 9.17) is 0 Å². The first kappa shape index (κ1) is 16.9. The van der Waals surface area contributed by atoms with Crippen LogP contribution >= 0.6 is 0 Å². The fraction of sp³-hybridized carbons (Fsp3) is 1.00. The van der Waals surface area contributed by atoms with Gasteiger partial charge in [0.15, 0.2) is 0 Å². The Bertz CT molecular complexity index is 172. The number of nitrogens with one attached hydrogen (secondary N) is 1. The molecule has 1 aliphatic rings. The Kier molecular flexibility index (Phi) is 8.85. The molecule has 3 atom stereocenters. The minimum atomic E-state index is -0.520. The van der Waals surface area contributed by atoms with Gasteiger partial charge >= 0.3 is 0 Å². The fourth-order valence-electron chi connectivity index (χ4n) is 1.93. The van der Waals surface area contributed by atoms with Crippen LogP contribution in [0.15, 0.2) is 0 Å². The molecule has 17 heavy (non-hydrogen) atoms. The highest BCUT2D eigenvalue weighted by Gasteiger charge is 2.24. The van der Waals surface area contributed by atoms with Crippen molar-refractivity contribution in [3.63, 3.8) is 0 Å². The van der Waals surface area contributed by atoms with Crippen LogP contribution in [-0.2, 0) is 0 Å². The quantitative estimate of drug-likeness (QED) is 0.776. The monoisotopic (exact) mass is 245 g/mol. The molecule has 3 unspecified atom stereocenters. The summed E-state index contributed by atoms with van der Waals surface area (Å²) in [5.41, 5.74) is 0. The third-order valence-electron chi connectivity index (χ3n) is 3.29. The summed E-state index contributed by atoms with van der Waals surface area (Å²) in [4.78, 5) is 0. The molecule has 1 nitrogen and oxygen atoms in total. The minimum Gasteiger partial charge on any atom is -0.314 e. The van der Waals surface area contributed by atoms with Gasteiger partial charge in [-0.3, -0.25) is 0 Å². The zero-order valence-electron chi connectivity index (χ0n) is 12.6.